The molecule has 0 spiro atoms. The van der Waals surface area contributed by atoms with E-state index in [0.717, 1.165) is 5.56 Å². The van der Waals surface area contributed by atoms with Crippen LogP contribution >= 0.6 is 11.6 Å². The van der Waals surface area contributed by atoms with Crippen molar-refractivity contribution in [2.75, 3.05) is 44.7 Å². The molecular weight excluding hydrogens is 553 g/mol. The maximum Gasteiger partial charge on any atom is 0.407 e. The van der Waals surface area contributed by atoms with Gasteiger partial charge in [0, 0.05) is 55.8 Å². The SMILES string of the molecule is COc1ccc([C@@H]2CN(c3ccc(=O)[nH]n3)C[C@H]2C(=O)N2CCC[C@@H](c3ccc(Cl)cc3)N(C(=O)O)CC2)c(F)c1. The van der Waals surface area contributed by atoms with E-state index >= 15 is 4.39 Å². The van der Waals surface area contributed by atoms with Crippen molar-refractivity contribution in [1.29, 1.82) is 0 Å². The number of hydrogen-bond acceptors (Lipinski definition) is 6. The topological polar surface area (TPSA) is 119 Å². The molecule has 0 radical (unpaired) electrons. The van der Waals surface area contributed by atoms with E-state index in [0.29, 0.717) is 48.1 Å². The lowest BCUT2D eigenvalue weighted by atomic mass is 9.87. The normalized spacial score (nSPS) is 21.3. The Morgan fingerprint density at radius 2 is 1.85 bits per heavy atom. The number of aromatic nitrogens is 2. The van der Waals surface area contributed by atoms with Gasteiger partial charge in [0.25, 0.3) is 5.56 Å². The lowest BCUT2D eigenvalue weighted by molar-refractivity contribution is -0.136. The van der Waals surface area contributed by atoms with Crippen molar-refractivity contribution in [1.82, 2.24) is 20.0 Å². The van der Waals surface area contributed by atoms with Gasteiger partial charge in [0.05, 0.1) is 19.1 Å². The van der Waals surface area contributed by atoms with Crippen molar-refractivity contribution in [3.05, 3.63) is 86.9 Å². The first kappa shape index (κ1) is 28.4. The van der Waals surface area contributed by atoms with E-state index in [2.05, 4.69) is 10.2 Å². The van der Waals surface area contributed by atoms with Gasteiger partial charge in [-0.15, -0.1) is 0 Å². The summed E-state index contributed by atoms with van der Waals surface area (Å²) in [5.41, 5.74) is 0.892. The number of carboxylic acid groups (broad SMARTS) is 1. The fraction of sp³-hybridized carbons (Fsp3) is 0.379. The highest BCUT2D eigenvalue weighted by atomic mass is 35.5. The molecule has 0 bridgehead atoms. The lowest BCUT2D eigenvalue weighted by Crippen LogP contribution is -2.47. The van der Waals surface area contributed by atoms with Crippen LogP contribution in [0.3, 0.4) is 0 Å². The summed E-state index contributed by atoms with van der Waals surface area (Å²) < 4.78 is 20.4. The van der Waals surface area contributed by atoms with Crippen molar-refractivity contribution < 1.29 is 23.8 Å². The number of hydrogen-bond donors (Lipinski definition) is 2. The van der Waals surface area contributed by atoms with Gasteiger partial charge in [-0.2, -0.15) is 5.10 Å². The summed E-state index contributed by atoms with van der Waals surface area (Å²) in [5, 5.41) is 17.1. The highest BCUT2D eigenvalue weighted by Gasteiger charge is 2.42. The quantitative estimate of drug-likeness (QED) is 0.463. The van der Waals surface area contributed by atoms with Crippen LogP contribution in [0.25, 0.3) is 0 Å². The minimum Gasteiger partial charge on any atom is -0.497 e. The number of carbonyl (C=O) groups excluding carboxylic acids is 1. The minimum atomic E-state index is -1.06. The molecule has 0 saturated carbocycles. The second-order valence-electron chi connectivity index (χ2n) is 10.3. The largest absolute Gasteiger partial charge is 0.497 e. The molecule has 2 saturated heterocycles. The molecule has 2 aliphatic rings. The van der Waals surface area contributed by atoms with E-state index in [-0.39, 0.29) is 37.1 Å². The second kappa shape index (κ2) is 12.2. The predicted octanol–water partition coefficient (Wildman–Crippen LogP) is 4.13. The highest BCUT2D eigenvalue weighted by molar-refractivity contribution is 6.30. The number of rotatable bonds is 5. The van der Waals surface area contributed by atoms with Gasteiger partial charge >= 0.3 is 6.09 Å². The first-order valence-electron chi connectivity index (χ1n) is 13.4. The summed E-state index contributed by atoms with van der Waals surface area (Å²) in [6, 6.07) is 14.3. The molecular formula is C29H31ClFN5O5. The zero-order chi connectivity index (χ0) is 29.1. The van der Waals surface area contributed by atoms with Crippen LogP contribution in [0.4, 0.5) is 15.0 Å². The molecule has 216 valence electrons. The summed E-state index contributed by atoms with van der Waals surface area (Å²) in [4.78, 5) is 42.8. The lowest BCUT2D eigenvalue weighted by Gasteiger charge is -2.36. The molecule has 3 heterocycles. The maximum atomic E-state index is 15.3. The van der Waals surface area contributed by atoms with Gasteiger partial charge < -0.3 is 19.6 Å². The Balaban J connectivity index is 1.40. The van der Waals surface area contributed by atoms with E-state index in [1.54, 1.807) is 35.2 Å². The summed E-state index contributed by atoms with van der Waals surface area (Å²) in [6.45, 7) is 1.36. The molecule has 3 atom stereocenters. The molecule has 5 rings (SSSR count). The average Bonchev–Trinajstić information content (AvgIpc) is 3.38. The number of anilines is 1. The van der Waals surface area contributed by atoms with Gasteiger partial charge in [-0.25, -0.2) is 14.3 Å². The average molecular weight is 584 g/mol. The number of benzene rings is 2. The predicted molar refractivity (Wildman–Crippen MR) is 151 cm³/mol. The third-order valence-electron chi connectivity index (χ3n) is 7.94. The van der Waals surface area contributed by atoms with Gasteiger partial charge in [0.15, 0.2) is 0 Å². The van der Waals surface area contributed by atoms with Gasteiger partial charge in [0.2, 0.25) is 5.91 Å². The van der Waals surface area contributed by atoms with Gasteiger partial charge in [-0.1, -0.05) is 29.8 Å². The molecule has 0 aliphatic carbocycles. The van der Waals surface area contributed by atoms with Crippen LogP contribution < -0.4 is 15.2 Å². The van der Waals surface area contributed by atoms with Crippen LogP contribution in [0.5, 0.6) is 5.75 Å². The minimum absolute atomic E-state index is 0.133. The van der Waals surface area contributed by atoms with Gasteiger partial charge in [-0.3, -0.25) is 14.5 Å². The molecule has 3 aromatic rings. The number of aromatic amines is 1. The number of carbonyl (C=O) groups is 2. The van der Waals surface area contributed by atoms with E-state index in [1.807, 2.05) is 17.0 Å². The van der Waals surface area contributed by atoms with Crippen LogP contribution in [-0.4, -0.2) is 76.9 Å². The first-order valence-corrected chi connectivity index (χ1v) is 13.8. The number of methoxy groups -OCH3 is 1. The number of ether oxygens (including phenoxy) is 1. The van der Waals surface area contributed by atoms with Crippen LogP contribution in [0, 0.1) is 11.7 Å². The molecule has 12 heteroatoms. The second-order valence-corrected chi connectivity index (χ2v) is 10.7. The summed E-state index contributed by atoms with van der Waals surface area (Å²) in [5.74, 6) is -0.902. The van der Waals surface area contributed by atoms with Crippen LogP contribution in [0.15, 0.2) is 59.4 Å². The monoisotopic (exact) mass is 583 g/mol. The van der Waals surface area contributed by atoms with Crippen LogP contribution in [0.1, 0.15) is 35.9 Å². The number of H-pyrrole nitrogens is 1. The Kier molecular flexibility index (Phi) is 8.44. The smallest absolute Gasteiger partial charge is 0.407 e. The van der Waals surface area contributed by atoms with E-state index in [4.69, 9.17) is 16.3 Å². The molecule has 10 nitrogen and oxygen atoms in total. The Labute approximate surface area is 241 Å². The van der Waals surface area contributed by atoms with Crippen LogP contribution in [-0.2, 0) is 4.79 Å². The van der Waals surface area contributed by atoms with E-state index in [1.165, 1.54) is 24.1 Å². The van der Waals surface area contributed by atoms with Gasteiger partial charge in [-0.05, 0) is 48.2 Å². The zero-order valence-corrected chi connectivity index (χ0v) is 23.3. The van der Waals surface area contributed by atoms with Crippen molar-refractivity contribution in [2.45, 2.75) is 24.8 Å². The van der Waals surface area contributed by atoms with E-state index < -0.39 is 23.7 Å². The zero-order valence-electron chi connectivity index (χ0n) is 22.5. The Morgan fingerprint density at radius 3 is 2.51 bits per heavy atom. The first-order chi connectivity index (χ1) is 19.7. The molecule has 1 aromatic heterocycles. The van der Waals surface area contributed by atoms with Gasteiger partial charge in [0.1, 0.15) is 17.4 Å². The highest BCUT2D eigenvalue weighted by Crippen LogP contribution is 2.38. The number of halogens is 2. The summed E-state index contributed by atoms with van der Waals surface area (Å²) in [7, 11) is 1.46. The third kappa shape index (κ3) is 6.14. The molecule has 0 unspecified atom stereocenters. The molecule has 2 fully saturated rings. The number of nitrogens with one attached hydrogen (secondary N) is 1. The fourth-order valence-corrected chi connectivity index (χ4v) is 5.97. The van der Waals surface area contributed by atoms with Crippen LogP contribution in [0.2, 0.25) is 5.02 Å². The molecule has 2 N–H and O–H groups in total. The Hall–Kier alpha value is -4.12. The van der Waals surface area contributed by atoms with Crippen molar-refractivity contribution in [2.24, 2.45) is 5.92 Å². The Morgan fingerprint density at radius 1 is 1.07 bits per heavy atom. The summed E-state index contributed by atoms with van der Waals surface area (Å²) in [6.07, 6.45) is 0.0582. The molecule has 2 aromatic carbocycles. The Bertz CT molecular complexity index is 1450. The number of nitrogens with zero attached hydrogens (tertiary/aromatic N) is 4. The standard InChI is InChI=1S/C29H31ClFN5O5/c1-41-20-8-9-21(24(31)15-20)22-16-35(26-10-11-27(37)33-32-26)17-23(22)28(38)34-12-2-3-25(36(14-13-34)29(39)40)18-4-6-19(30)7-5-18/h4-11,15,22-23,25H,2-3,12-14,16-17H2,1H3,(H,33,37)(H,39,40)/t22-,23+,25-/m0/s1. The van der Waals surface area contributed by atoms with E-state index in [9.17, 15) is 19.5 Å². The molecule has 41 heavy (non-hydrogen) atoms. The van der Waals surface area contributed by atoms with Crippen molar-refractivity contribution >= 4 is 29.4 Å². The summed E-state index contributed by atoms with van der Waals surface area (Å²) >= 11 is 6.03. The third-order valence-corrected chi connectivity index (χ3v) is 8.19. The van der Waals surface area contributed by atoms with Crippen molar-refractivity contribution in [3.63, 3.8) is 0 Å². The molecule has 2 amide bonds. The van der Waals surface area contributed by atoms with Crippen molar-refractivity contribution in [3.8, 4) is 5.75 Å². The maximum absolute atomic E-state index is 15.3. The fourth-order valence-electron chi connectivity index (χ4n) is 5.85. The number of amides is 2. The molecule has 2 aliphatic heterocycles.